The smallest absolute Gasteiger partial charge is 0.223 e. The van der Waals surface area contributed by atoms with Gasteiger partial charge in [0.15, 0.2) is 0 Å². The first kappa shape index (κ1) is 26.1. The number of likely N-dealkylation sites (N-methyl/N-ethyl adjacent to an activating group) is 1. The summed E-state index contributed by atoms with van der Waals surface area (Å²) in [6.07, 6.45) is 9.78. The maximum Gasteiger partial charge on any atom is 0.223 e. The van der Waals surface area contributed by atoms with Crippen molar-refractivity contribution in [3.05, 3.63) is 21.7 Å². The van der Waals surface area contributed by atoms with E-state index in [1.807, 2.05) is 18.9 Å². The number of ketones is 1. The standard InChI is InChI=1S/C27H42N2O3S/c1-19(17-21-18-33-20(2)28-21)26(5)25(3,4)27(6)23(32-27)15-11-9-8-10-13-22(30)14-12-16-24(31)29(26)7/h17-18,23H,8-16H2,1-7H3. The van der Waals surface area contributed by atoms with Crippen LogP contribution in [0.1, 0.15) is 103 Å². The van der Waals surface area contributed by atoms with Gasteiger partial charge in [0.1, 0.15) is 5.78 Å². The van der Waals surface area contributed by atoms with Crippen LogP contribution in [0.4, 0.5) is 0 Å². The van der Waals surface area contributed by atoms with Gasteiger partial charge in [-0.15, -0.1) is 11.3 Å². The molecule has 2 fully saturated rings. The number of aromatic nitrogens is 1. The lowest BCUT2D eigenvalue weighted by molar-refractivity contribution is -0.140. The van der Waals surface area contributed by atoms with Crippen LogP contribution >= 0.6 is 11.3 Å². The van der Waals surface area contributed by atoms with Gasteiger partial charge in [-0.3, -0.25) is 9.59 Å². The van der Waals surface area contributed by atoms with Crippen LogP contribution in [0.5, 0.6) is 0 Å². The molecule has 6 heteroatoms. The zero-order valence-corrected chi connectivity index (χ0v) is 22.4. The van der Waals surface area contributed by atoms with Gasteiger partial charge in [-0.2, -0.15) is 0 Å². The lowest BCUT2D eigenvalue weighted by atomic mass is 9.60. The zero-order valence-electron chi connectivity index (χ0n) is 21.6. The molecule has 0 spiro atoms. The largest absolute Gasteiger partial charge is 0.366 e. The molecule has 3 atom stereocenters. The van der Waals surface area contributed by atoms with Gasteiger partial charge in [0.2, 0.25) is 5.91 Å². The summed E-state index contributed by atoms with van der Waals surface area (Å²) in [5, 5.41) is 3.10. The lowest BCUT2D eigenvalue weighted by Gasteiger charge is -2.53. The second-order valence-corrected chi connectivity index (χ2v) is 11.9. The summed E-state index contributed by atoms with van der Waals surface area (Å²) in [6, 6.07) is 0. The zero-order chi connectivity index (χ0) is 24.4. The molecule has 3 rings (SSSR count). The van der Waals surface area contributed by atoms with Gasteiger partial charge >= 0.3 is 0 Å². The Morgan fingerprint density at radius 2 is 1.76 bits per heavy atom. The van der Waals surface area contributed by atoms with Gasteiger partial charge in [-0.05, 0) is 58.6 Å². The van der Waals surface area contributed by atoms with Crippen molar-refractivity contribution in [1.82, 2.24) is 9.88 Å². The van der Waals surface area contributed by atoms with E-state index in [1.54, 1.807) is 11.3 Å². The van der Waals surface area contributed by atoms with Crippen LogP contribution in [0, 0.1) is 12.3 Å². The van der Waals surface area contributed by atoms with Crippen LogP contribution < -0.4 is 0 Å². The molecule has 0 aliphatic carbocycles. The molecule has 0 aromatic carbocycles. The molecule has 0 bridgehead atoms. The topological polar surface area (TPSA) is 62.8 Å². The van der Waals surface area contributed by atoms with Crippen molar-refractivity contribution in [3.8, 4) is 0 Å². The van der Waals surface area contributed by atoms with Gasteiger partial charge < -0.3 is 9.64 Å². The van der Waals surface area contributed by atoms with Gasteiger partial charge in [0.05, 0.1) is 27.9 Å². The van der Waals surface area contributed by atoms with E-state index in [0.29, 0.717) is 25.7 Å². The van der Waals surface area contributed by atoms with E-state index in [4.69, 9.17) is 4.74 Å². The summed E-state index contributed by atoms with van der Waals surface area (Å²) in [6.45, 7) is 13.0. The first-order valence-electron chi connectivity index (χ1n) is 12.5. The quantitative estimate of drug-likeness (QED) is 0.469. The van der Waals surface area contributed by atoms with Gasteiger partial charge in [0.25, 0.3) is 0 Å². The fourth-order valence-electron chi connectivity index (χ4n) is 5.60. The first-order valence-corrected chi connectivity index (χ1v) is 13.4. The molecule has 2 aliphatic heterocycles. The second-order valence-electron chi connectivity index (χ2n) is 10.8. The van der Waals surface area contributed by atoms with Crippen molar-refractivity contribution in [1.29, 1.82) is 0 Å². The number of amides is 1. The number of rotatable bonds is 2. The van der Waals surface area contributed by atoms with E-state index in [-0.39, 0.29) is 28.8 Å². The fraction of sp³-hybridized carbons (Fsp3) is 0.741. The summed E-state index contributed by atoms with van der Waals surface area (Å²) in [7, 11) is 1.92. The number of aryl methyl sites for hydroxylation is 1. The highest BCUT2D eigenvalue weighted by molar-refractivity contribution is 7.09. The lowest BCUT2D eigenvalue weighted by Crippen LogP contribution is -2.62. The number of carbonyl (C=O) groups is 2. The third-order valence-corrected chi connectivity index (χ3v) is 9.53. The van der Waals surface area contributed by atoms with E-state index in [2.05, 4.69) is 51.1 Å². The van der Waals surface area contributed by atoms with Crippen molar-refractivity contribution in [2.75, 3.05) is 7.05 Å². The number of nitrogens with zero attached hydrogens (tertiary/aromatic N) is 2. The Bertz CT molecular complexity index is 905. The molecule has 0 saturated carbocycles. The fourth-order valence-corrected chi connectivity index (χ4v) is 6.17. The summed E-state index contributed by atoms with van der Waals surface area (Å²) in [4.78, 5) is 32.2. The highest BCUT2D eigenvalue weighted by Gasteiger charge is 2.68. The second kappa shape index (κ2) is 9.99. The van der Waals surface area contributed by atoms with E-state index in [0.717, 1.165) is 48.4 Å². The Morgan fingerprint density at radius 3 is 2.42 bits per heavy atom. The maximum absolute atomic E-state index is 13.4. The molecule has 0 N–H and O–H groups in total. The Labute approximate surface area is 204 Å². The number of ether oxygens (including phenoxy) is 1. The molecule has 184 valence electrons. The average Bonchev–Trinajstić information content (AvgIpc) is 3.26. The SMILES string of the molecule is CC(=Cc1csc(C)n1)C1(C)N(C)C(=O)CCCC(=O)CCCCCCC2OC2(C)C1(C)C. The molecule has 2 saturated heterocycles. The molecule has 2 aliphatic rings. The predicted octanol–water partition coefficient (Wildman–Crippen LogP) is 6.35. The third-order valence-electron chi connectivity index (χ3n) is 8.73. The molecule has 0 radical (unpaired) electrons. The highest BCUT2D eigenvalue weighted by atomic mass is 32.1. The molecule has 1 aromatic rings. The Morgan fingerprint density at radius 1 is 1.09 bits per heavy atom. The number of thiazole rings is 1. The number of fused-ring (bicyclic) bond motifs is 1. The first-order chi connectivity index (χ1) is 15.4. The van der Waals surface area contributed by atoms with Crippen LogP contribution in [0.15, 0.2) is 11.0 Å². The highest BCUT2D eigenvalue weighted by Crippen LogP contribution is 2.59. The molecule has 3 heterocycles. The molecular weight excluding hydrogens is 432 g/mol. The molecule has 1 amide bonds. The monoisotopic (exact) mass is 474 g/mol. The summed E-state index contributed by atoms with van der Waals surface area (Å²) in [5.41, 5.74) is 0.807. The number of Topliss-reactive ketones (excluding diaryl/α,β-unsaturated/α-hetero) is 1. The van der Waals surface area contributed by atoms with E-state index >= 15 is 0 Å². The van der Waals surface area contributed by atoms with Crippen LogP contribution in [-0.2, 0) is 14.3 Å². The van der Waals surface area contributed by atoms with Crippen molar-refractivity contribution in [2.24, 2.45) is 5.41 Å². The minimum absolute atomic E-state index is 0.0773. The van der Waals surface area contributed by atoms with E-state index in [1.165, 1.54) is 0 Å². The minimum atomic E-state index is -0.577. The number of hydrogen-bond donors (Lipinski definition) is 0. The van der Waals surface area contributed by atoms with Crippen LogP contribution in [0.3, 0.4) is 0 Å². The molecule has 1 aromatic heterocycles. The van der Waals surface area contributed by atoms with Gasteiger partial charge in [-0.25, -0.2) is 4.98 Å². The predicted molar refractivity (Wildman–Crippen MR) is 135 cm³/mol. The third kappa shape index (κ3) is 5.12. The van der Waals surface area contributed by atoms with Crippen molar-refractivity contribution >= 4 is 29.1 Å². The maximum atomic E-state index is 13.4. The Kier molecular flexibility index (Phi) is 7.89. The molecule has 3 unspecified atom stereocenters. The Hall–Kier alpha value is -1.53. The molecule has 5 nitrogen and oxygen atoms in total. The normalized spacial score (nSPS) is 32.5. The number of epoxide rings is 1. The minimum Gasteiger partial charge on any atom is -0.366 e. The van der Waals surface area contributed by atoms with Crippen LogP contribution in [-0.4, -0.2) is 45.9 Å². The van der Waals surface area contributed by atoms with Crippen LogP contribution in [0.2, 0.25) is 0 Å². The van der Waals surface area contributed by atoms with Crippen molar-refractivity contribution < 1.29 is 14.3 Å². The molecular formula is C27H42N2O3S. The summed E-state index contributed by atoms with van der Waals surface area (Å²) in [5.74, 6) is 0.363. The van der Waals surface area contributed by atoms with Crippen molar-refractivity contribution in [3.63, 3.8) is 0 Å². The number of carbonyl (C=O) groups excluding carboxylic acids is 2. The van der Waals surface area contributed by atoms with Gasteiger partial charge in [-0.1, -0.05) is 33.1 Å². The molecule has 33 heavy (non-hydrogen) atoms. The van der Waals surface area contributed by atoms with E-state index in [9.17, 15) is 9.59 Å². The van der Waals surface area contributed by atoms with Gasteiger partial charge in [0, 0.05) is 37.1 Å². The van der Waals surface area contributed by atoms with E-state index < -0.39 is 5.54 Å². The Balaban J connectivity index is 1.98. The van der Waals surface area contributed by atoms with Crippen molar-refractivity contribution in [2.45, 2.75) is 117 Å². The number of hydrogen-bond acceptors (Lipinski definition) is 5. The average molecular weight is 475 g/mol. The summed E-state index contributed by atoms with van der Waals surface area (Å²) >= 11 is 1.64. The summed E-state index contributed by atoms with van der Waals surface area (Å²) < 4.78 is 6.41. The van der Waals surface area contributed by atoms with Crippen LogP contribution in [0.25, 0.3) is 6.08 Å².